The number of anilines is 1. The number of hydrogen-bond donors (Lipinski definition) is 1. The van der Waals surface area contributed by atoms with E-state index < -0.39 is 29.3 Å². The maximum Gasteiger partial charge on any atom is 0.339 e. The summed E-state index contributed by atoms with van der Waals surface area (Å²) in [5.74, 6) is -1.09. The molecule has 2 aromatic carbocycles. The summed E-state index contributed by atoms with van der Waals surface area (Å²) in [7, 11) is -1.31. The Balaban J connectivity index is 1.96. The first-order valence-electron chi connectivity index (χ1n) is 7.49. The summed E-state index contributed by atoms with van der Waals surface area (Å²) in [6, 6.07) is 13.9. The van der Waals surface area contributed by atoms with Crippen molar-refractivity contribution in [2.24, 2.45) is 0 Å². The molecule has 126 valence electrons. The summed E-state index contributed by atoms with van der Waals surface area (Å²) >= 11 is 0. The lowest BCUT2D eigenvalue weighted by atomic mass is 10.1. The van der Waals surface area contributed by atoms with E-state index >= 15 is 0 Å². The Morgan fingerprint density at radius 1 is 1.12 bits per heavy atom. The third kappa shape index (κ3) is 4.76. The predicted octanol–water partition coefficient (Wildman–Crippen LogP) is 2.78. The summed E-state index contributed by atoms with van der Waals surface area (Å²) in [5.41, 5.74) is 1.97. The van der Waals surface area contributed by atoms with Gasteiger partial charge in [-0.05, 0) is 36.2 Å². The number of aryl methyl sites for hydroxylation is 1. The number of nitrogens with one attached hydrogen (secondary N) is 1. The molecule has 0 aliphatic carbocycles. The van der Waals surface area contributed by atoms with Gasteiger partial charge in [-0.2, -0.15) is 0 Å². The lowest BCUT2D eigenvalue weighted by Crippen LogP contribution is -2.21. The molecule has 0 aliphatic rings. The van der Waals surface area contributed by atoms with E-state index in [2.05, 4.69) is 5.32 Å². The molecule has 0 heterocycles. The van der Waals surface area contributed by atoms with Crippen molar-refractivity contribution in [1.82, 2.24) is 0 Å². The highest BCUT2D eigenvalue weighted by molar-refractivity contribution is 7.84. The molecule has 2 rings (SSSR count). The van der Waals surface area contributed by atoms with Crippen LogP contribution in [-0.4, -0.2) is 28.9 Å². The average Bonchev–Trinajstić information content (AvgIpc) is 2.59. The van der Waals surface area contributed by atoms with E-state index in [4.69, 9.17) is 4.74 Å². The van der Waals surface area contributed by atoms with Gasteiger partial charge in [0.05, 0.1) is 21.3 Å². The van der Waals surface area contributed by atoms with Crippen LogP contribution in [0.5, 0.6) is 0 Å². The van der Waals surface area contributed by atoms with Gasteiger partial charge in [-0.3, -0.25) is 9.00 Å². The van der Waals surface area contributed by atoms with Crippen molar-refractivity contribution in [2.75, 3.05) is 18.2 Å². The van der Waals surface area contributed by atoms with Crippen molar-refractivity contribution < 1.29 is 18.5 Å². The quantitative estimate of drug-likeness (QED) is 0.817. The molecule has 1 atom stereocenters. The number of carbonyl (C=O) groups is 2. The van der Waals surface area contributed by atoms with Crippen molar-refractivity contribution in [3.8, 4) is 0 Å². The van der Waals surface area contributed by atoms with E-state index in [1.807, 2.05) is 25.1 Å². The Kier molecular flexibility index (Phi) is 6.26. The highest BCUT2D eigenvalue weighted by Crippen LogP contribution is 2.14. The molecule has 0 unspecified atom stereocenters. The molecular formula is C18H19NO4S. The first-order valence-corrected chi connectivity index (χ1v) is 9.05. The van der Waals surface area contributed by atoms with Gasteiger partial charge in [0.1, 0.15) is 0 Å². The fourth-order valence-electron chi connectivity index (χ4n) is 2.16. The molecule has 1 N–H and O–H groups in total. The molecule has 0 spiro atoms. The number of benzene rings is 2. The predicted molar refractivity (Wildman–Crippen MR) is 93.5 cm³/mol. The van der Waals surface area contributed by atoms with Crippen molar-refractivity contribution in [3.05, 3.63) is 59.7 Å². The molecular weight excluding hydrogens is 326 g/mol. The second kappa shape index (κ2) is 8.40. The number of amides is 1. The first kappa shape index (κ1) is 17.9. The van der Waals surface area contributed by atoms with Crippen LogP contribution in [0.4, 0.5) is 5.69 Å². The molecule has 0 saturated carbocycles. The van der Waals surface area contributed by atoms with Gasteiger partial charge in [0, 0.05) is 11.9 Å². The zero-order valence-electron chi connectivity index (χ0n) is 13.6. The third-order valence-electron chi connectivity index (χ3n) is 3.37. The van der Waals surface area contributed by atoms with Gasteiger partial charge >= 0.3 is 5.97 Å². The molecule has 24 heavy (non-hydrogen) atoms. The summed E-state index contributed by atoms with van der Waals surface area (Å²) in [5, 5.41) is 2.68. The van der Waals surface area contributed by atoms with Crippen LogP contribution in [0.3, 0.4) is 0 Å². The molecule has 5 nitrogen and oxygen atoms in total. The summed E-state index contributed by atoms with van der Waals surface area (Å²) in [6.45, 7) is 1.62. The zero-order chi connectivity index (χ0) is 17.5. The monoisotopic (exact) mass is 345 g/mol. The van der Waals surface area contributed by atoms with E-state index in [1.165, 1.54) is 12.3 Å². The molecule has 0 radical (unpaired) electrons. The SMILES string of the molecule is CCc1cccc(NC(=O)COC(=O)c2ccccc2[S@@](C)=O)c1. The summed E-state index contributed by atoms with van der Waals surface area (Å²) in [6.07, 6.45) is 2.35. The third-order valence-corrected chi connectivity index (χ3v) is 4.35. The number of carbonyl (C=O) groups excluding carboxylic acids is 2. The second-order valence-electron chi connectivity index (χ2n) is 5.13. The van der Waals surface area contributed by atoms with Crippen LogP contribution < -0.4 is 5.32 Å². The van der Waals surface area contributed by atoms with Crippen LogP contribution in [0.15, 0.2) is 53.4 Å². The van der Waals surface area contributed by atoms with Gasteiger partial charge in [-0.1, -0.05) is 31.2 Å². The van der Waals surface area contributed by atoms with Crippen LogP contribution in [0.2, 0.25) is 0 Å². The van der Waals surface area contributed by atoms with Crippen molar-refractivity contribution >= 4 is 28.4 Å². The molecule has 1 amide bonds. The van der Waals surface area contributed by atoms with Crippen LogP contribution in [0, 0.1) is 0 Å². The Bertz CT molecular complexity index is 773. The van der Waals surface area contributed by atoms with Crippen LogP contribution in [-0.2, 0) is 26.8 Å². The van der Waals surface area contributed by atoms with Crippen LogP contribution in [0.1, 0.15) is 22.8 Å². The van der Waals surface area contributed by atoms with Crippen molar-refractivity contribution in [2.45, 2.75) is 18.2 Å². The average molecular weight is 345 g/mol. The maximum atomic E-state index is 12.1. The number of rotatable bonds is 6. The van der Waals surface area contributed by atoms with Crippen molar-refractivity contribution in [3.63, 3.8) is 0 Å². The molecule has 6 heteroatoms. The molecule has 0 bridgehead atoms. The maximum absolute atomic E-state index is 12.1. The standard InChI is InChI=1S/C18H19NO4S/c1-3-13-7-6-8-14(11-13)19-17(20)12-23-18(21)15-9-4-5-10-16(15)24(2)22/h4-11H,3,12H2,1-2H3,(H,19,20)/t24-/m1/s1. The molecule has 0 aromatic heterocycles. The number of esters is 1. The van der Waals surface area contributed by atoms with Gasteiger partial charge in [-0.15, -0.1) is 0 Å². The Hall–Kier alpha value is -2.47. The Morgan fingerprint density at radius 3 is 2.58 bits per heavy atom. The zero-order valence-corrected chi connectivity index (χ0v) is 14.4. The largest absolute Gasteiger partial charge is 0.452 e. The fraction of sp³-hybridized carbons (Fsp3) is 0.222. The van der Waals surface area contributed by atoms with E-state index in [1.54, 1.807) is 24.3 Å². The fourth-order valence-corrected chi connectivity index (χ4v) is 2.89. The highest BCUT2D eigenvalue weighted by Gasteiger charge is 2.16. The van der Waals surface area contributed by atoms with Gasteiger partial charge in [0.25, 0.3) is 5.91 Å². The van der Waals surface area contributed by atoms with E-state index in [0.717, 1.165) is 12.0 Å². The molecule has 0 aliphatic heterocycles. The van der Waals surface area contributed by atoms with Gasteiger partial charge in [0.2, 0.25) is 0 Å². The number of hydrogen-bond acceptors (Lipinski definition) is 4. The Labute approximate surface area is 143 Å². The minimum atomic E-state index is -1.31. The van der Waals surface area contributed by atoms with Gasteiger partial charge in [0.15, 0.2) is 6.61 Å². The van der Waals surface area contributed by atoms with E-state index in [-0.39, 0.29) is 5.56 Å². The molecule has 0 fully saturated rings. The lowest BCUT2D eigenvalue weighted by Gasteiger charge is -2.09. The van der Waals surface area contributed by atoms with Crippen LogP contribution >= 0.6 is 0 Å². The lowest BCUT2D eigenvalue weighted by molar-refractivity contribution is -0.119. The summed E-state index contributed by atoms with van der Waals surface area (Å²) < 4.78 is 16.7. The molecule has 0 saturated heterocycles. The van der Waals surface area contributed by atoms with Crippen LogP contribution in [0.25, 0.3) is 0 Å². The van der Waals surface area contributed by atoms with E-state index in [0.29, 0.717) is 10.6 Å². The van der Waals surface area contributed by atoms with Crippen molar-refractivity contribution in [1.29, 1.82) is 0 Å². The minimum absolute atomic E-state index is 0.208. The smallest absolute Gasteiger partial charge is 0.339 e. The van der Waals surface area contributed by atoms with E-state index in [9.17, 15) is 13.8 Å². The topological polar surface area (TPSA) is 72.5 Å². The normalized spacial score (nSPS) is 11.6. The molecule has 2 aromatic rings. The minimum Gasteiger partial charge on any atom is -0.452 e. The second-order valence-corrected chi connectivity index (χ2v) is 6.48. The summed E-state index contributed by atoms with van der Waals surface area (Å²) in [4.78, 5) is 24.4. The van der Waals surface area contributed by atoms with Gasteiger partial charge < -0.3 is 10.1 Å². The Morgan fingerprint density at radius 2 is 1.88 bits per heavy atom. The number of ether oxygens (including phenoxy) is 1. The highest BCUT2D eigenvalue weighted by atomic mass is 32.2. The first-order chi connectivity index (χ1) is 11.5. The van der Waals surface area contributed by atoms with Gasteiger partial charge in [-0.25, -0.2) is 4.79 Å².